The minimum atomic E-state index is -0.344. The molecule has 0 radical (unpaired) electrons. The molecule has 1 saturated heterocycles. The normalized spacial score (nSPS) is 18.7. The van der Waals surface area contributed by atoms with Crippen LogP contribution in [0.1, 0.15) is 23.2 Å². The van der Waals surface area contributed by atoms with Crippen LogP contribution in [0.15, 0.2) is 24.3 Å². The van der Waals surface area contributed by atoms with Crippen molar-refractivity contribution < 1.29 is 14.0 Å². The van der Waals surface area contributed by atoms with Gasteiger partial charge in [0.1, 0.15) is 5.82 Å². The van der Waals surface area contributed by atoms with E-state index >= 15 is 0 Å². The molecule has 0 atom stereocenters. The molecule has 2 fully saturated rings. The van der Waals surface area contributed by atoms with Gasteiger partial charge < -0.3 is 10.2 Å². The maximum Gasteiger partial charge on any atom is 0.253 e. The Morgan fingerprint density at radius 1 is 1.09 bits per heavy atom. The number of carbonyl (C=O) groups is 2. The summed E-state index contributed by atoms with van der Waals surface area (Å²) in [5.74, 6) is 0.325. The molecule has 1 saturated carbocycles. The number of benzene rings is 1. The van der Waals surface area contributed by atoms with E-state index in [0.717, 1.165) is 6.54 Å². The molecule has 0 aromatic heterocycles. The van der Waals surface area contributed by atoms with E-state index < -0.39 is 0 Å². The van der Waals surface area contributed by atoms with Gasteiger partial charge in [0.15, 0.2) is 0 Å². The van der Waals surface area contributed by atoms with Crippen molar-refractivity contribution in [1.29, 1.82) is 0 Å². The van der Waals surface area contributed by atoms with Crippen molar-refractivity contribution in [2.45, 2.75) is 12.8 Å². The van der Waals surface area contributed by atoms with E-state index in [1.807, 2.05) is 0 Å². The Kier molecular flexibility index (Phi) is 4.91. The van der Waals surface area contributed by atoms with E-state index in [0.29, 0.717) is 44.2 Å². The molecule has 1 N–H and O–H groups in total. The molecule has 0 bridgehead atoms. The van der Waals surface area contributed by atoms with Crippen LogP contribution < -0.4 is 5.32 Å². The molecule has 124 valence electrons. The standard InChI is InChI=1S/C17H22FN3O2/c18-15-5-3-14(4-6-15)17(23)21-9-7-20(8-10-21)12-16(22)19-11-13-1-2-13/h3-6,13H,1-2,7-12H2,(H,19,22). The molecule has 5 nitrogen and oxygen atoms in total. The second kappa shape index (κ2) is 7.08. The number of nitrogens with one attached hydrogen (secondary N) is 1. The van der Waals surface area contributed by atoms with Crippen molar-refractivity contribution in [1.82, 2.24) is 15.1 Å². The summed E-state index contributed by atoms with van der Waals surface area (Å²) < 4.78 is 12.9. The van der Waals surface area contributed by atoms with Gasteiger partial charge in [0.05, 0.1) is 6.54 Å². The minimum Gasteiger partial charge on any atom is -0.355 e. The third kappa shape index (κ3) is 4.51. The van der Waals surface area contributed by atoms with Gasteiger partial charge in [-0.15, -0.1) is 0 Å². The molecule has 0 spiro atoms. The highest BCUT2D eigenvalue weighted by Crippen LogP contribution is 2.27. The molecule has 1 aromatic rings. The van der Waals surface area contributed by atoms with E-state index in [4.69, 9.17) is 0 Å². The molecule has 6 heteroatoms. The number of rotatable bonds is 5. The van der Waals surface area contributed by atoms with E-state index in [2.05, 4.69) is 10.2 Å². The molecular weight excluding hydrogens is 297 g/mol. The van der Waals surface area contributed by atoms with Crippen LogP contribution in [0.3, 0.4) is 0 Å². The number of hydrogen-bond donors (Lipinski definition) is 1. The average Bonchev–Trinajstić information content (AvgIpc) is 3.38. The zero-order valence-corrected chi connectivity index (χ0v) is 13.1. The molecule has 2 amide bonds. The first kappa shape index (κ1) is 15.9. The third-order valence-electron chi connectivity index (χ3n) is 4.40. The second-order valence-corrected chi connectivity index (χ2v) is 6.32. The predicted octanol–water partition coefficient (Wildman–Crippen LogP) is 1.11. The largest absolute Gasteiger partial charge is 0.355 e. The summed E-state index contributed by atoms with van der Waals surface area (Å²) >= 11 is 0. The van der Waals surface area contributed by atoms with Gasteiger partial charge >= 0.3 is 0 Å². The van der Waals surface area contributed by atoms with Gasteiger partial charge in [0.2, 0.25) is 5.91 Å². The predicted molar refractivity (Wildman–Crippen MR) is 84.5 cm³/mol. The first-order chi connectivity index (χ1) is 11.1. The van der Waals surface area contributed by atoms with Crippen LogP contribution in [-0.4, -0.2) is 60.9 Å². The molecule has 1 aliphatic heterocycles. The van der Waals surface area contributed by atoms with Gasteiger partial charge in [-0.05, 0) is 43.0 Å². The summed E-state index contributed by atoms with van der Waals surface area (Å²) in [5.41, 5.74) is 0.502. The highest BCUT2D eigenvalue weighted by atomic mass is 19.1. The number of halogens is 1. The minimum absolute atomic E-state index is 0.0650. The quantitative estimate of drug-likeness (QED) is 0.884. The van der Waals surface area contributed by atoms with E-state index in [1.165, 1.54) is 37.1 Å². The van der Waals surface area contributed by atoms with Crippen LogP contribution in [0.5, 0.6) is 0 Å². The van der Waals surface area contributed by atoms with Crippen LogP contribution in [0.25, 0.3) is 0 Å². The van der Waals surface area contributed by atoms with Gasteiger partial charge in [0.25, 0.3) is 5.91 Å². The van der Waals surface area contributed by atoms with Gasteiger partial charge in [-0.2, -0.15) is 0 Å². The van der Waals surface area contributed by atoms with E-state index in [9.17, 15) is 14.0 Å². The highest BCUT2D eigenvalue weighted by Gasteiger charge is 2.25. The molecule has 1 aromatic carbocycles. The second-order valence-electron chi connectivity index (χ2n) is 6.32. The average molecular weight is 319 g/mol. The number of nitrogens with zero attached hydrogens (tertiary/aromatic N) is 2. The summed E-state index contributed by atoms with van der Waals surface area (Å²) in [7, 11) is 0. The summed E-state index contributed by atoms with van der Waals surface area (Å²) in [4.78, 5) is 28.0. The molecular formula is C17H22FN3O2. The summed E-state index contributed by atoms with van der Waals surface area (Å²) in [5, 5.41) is 2.96. The summed E-state index contributed by atoms with van der Waals surface area (Å²) in [6.45, 7) is 3.74. The molecule has 3 rings (SSSR count). The van der Waals surface area contributed by atoms with Crippen molar-refractivity contribution in [2.75, 3.05) is 39.3 Å². The van der Waals surface area contributed by atoms with Crippen molar-refractivity contribution in [3.8, 4) is 0 Å². The lowest BCUT2D eigenvalue weighted by atomic mass is 10.2. The molecule has 23 heavy (non-hydrogen) atoms. The Morgan fingerprint density at radius 3 is 2.35 bits per heavy atom. The van der Waals surface area contributed by atoms with Gasteiger partial charge in [-0.25, -0.2) is 4.39 Å². The van der Waals surface area contributed by atoms with Crippen molar-refractivity contribution in [3.05, 3.63) is 35.6 Å². The number of piperazine rings is 1. The monoisotopic (exact) mass is 319 g/mol. The number of carbonyl (C=O) groups excluding carboxylic acids is 2. The van der Waals surface area contributed by atoms with Crippen LogP contribution in [0, 0.1) is 11.7 Å². The van der Waals surface area contributed by atoms with E-state index in [-0.39, 0.29) is 17.6 Å². The van der Waals surface area contributed by atoms with Gasteiger partial charge in [-0.1, -0.05) is 0 Å². The zero-order chi connectivity index (χ0) is 16.2. The van der Waals surface area contributed by atoms with Crippen LogP contribution >= 0.6 is 0 Å². The van der Waals surface area contributed by atoms with Crippen molar-refractivity contribution in [3.63, 3.8) is 0 Å². The Labute approximate surface area is 135 Å². The van der Waals surface area contributed by atoms with Crippen molar-refractivity contribution in [2.24, 2.45) is 5.92 Å². The zero-order valence-electron chi connectivity index (χ0n) is 13.1. The topological polar surface area (TPSA) is 52.7 Å². The maximum atomic E-state index is 12.9. The van der Waals surface area contributed by atoms with Crippen LogP contribution in [-0.2, 0) is 4.79 Å². The Balaban J connectivity index is 1.43. The number of amides is 2. The molecule has 1 aliphatic carbocycles. The first-order valence-corrected chi connectivity index (χ1v) is 8.16. The fraction of sp³-hybridized carbons (Fsp3) is 0.529. The lowest BCUT2D eigenvalue weighted by molar-refractivity contribution is -0.122. The number of hydrogen-bond acceptors (Lipinski definition) is 3. The highest BCUT2D eigenvalue weighted by molar-refractivity contribution is 5.94. The van der Waals surface area contributed by atoms with Gasteiger partial charge in [-0.3, -0.25) is 14.5 Å². The first-order valence-electron chi connectivity index (χ1n) is 8.16. The Morgan fingerprint density at radius 2 is 1.74 bits per heavy atom. The molecule has 1 heterocycles. The Bertz CT molecular complexity index is 564. The van der Waals surface area contributed by atoms with Crippen LogP contribution in [0.4, 0.5) is 4.39 Å². The SMILES string of the molecule is O=C(CN1CCN(C(=O)c2ccc(F)cc2)CC1)NCC1CC1. The fourth-order valence-corrected chi connectivity index (χ4v) is 2.72. The van der Waals surface area contributed by atoms with Crippen LogP contribution in [0.2, 0.25) is 0 Å². The summed E-state index contributed by atoms with van der Waals surface area (Å²) in [6.07, 6.45) is 2.45. The lowest BCUT2D eigenvalue weighted by Gasteiger charge is -2.34. The maximum absolute atomic E-state index is 12.9. The molecule has 0 unspecified atom stereocenters. The van der Waals surface area contributed by atoms with Gasteiger partial charge in [0, 0.05) is 38.3 Å². The van der Waals surface area contributed by atoms with E-state index in [1.54, 1.807) is 4.90 Å². The third-order valence-corrected chi connectivity index (χ3v) is 4.40. The summed E-state index contributed by atoms with van der Waals surface area (Å²) in [6, 6.07) is 5.62. The smallest absolute Gasteiger partial charge is 0.253 e. The molecule has 2 aliphatic rings. The fourth-order valence-electron chi connectivity index (χ4n) is 2.72. The van der Waals surface area contributed by atoms with Crippen molar-refractivity contribution >= 4 is 11.8 Å². The lowest BCUT2D eigenvalue weighted by Crippen LogP contribution is -2.51. The Hall–Kier alpha value is -1.95.